The molecule has 0 fully saturated rings. The Morgan fingerprint density at radius 2 is 1.95 bits per heavy atom. The zero-order chi connectivity index (χ0) is 15.5. The minimum absolute atomic E-state index is 0.253. The van der Waals surface area contributed by atoms with E-state index in [9.17, 15) is 23.1 Å². The smallest absolute Gasteiger partial charge is 0.387 e. The number of aliphatic hydroxyl groups is 1. The topological polar surface area (TPSA) is 49.3 Å². The standard InChI is InChI=1S/C14H12F3NO2S/c15-14(16,17)10-5-2-1-4-9(10)11(19)8-18-13(20)12-6-3-7-21-12/h1-7,11,19H,8H2,(H,18,20)/t11-/m0/s1. The van der Waals surface area contributed by atoms with Crippen molar-refractivity contribution in [1.82, 2.24) is 5.32 Å². The van der Waals surface area contributed by atoms with E-state index in [1.54, 1.807) is 17.5 Å². The van der Waals surface area contributed by atoms with Crippen molar-refractivity contribution in [3.05, 3.63) is 57.8 Å². The molecule has 2 aromatic rings. The predicted molar refractivity (Wildman–Crippen MR) is 73.1 cm³/mol. The molecule has 1 atom stereocenters. The lowest BCUT2D eigenvalue weighted by Crippen LogP contribution is -2.28. The Kier molecular flexibility index (Phi) is 4.64. The summed E-state index contributed by atoms with van der Waals surface area (Å²) in [5.41, 5.74) is -1.15. The molecular weight excluding hydrogens is 303 g/mol. The molecule has 3 nitrogen and oxygen atoms in total. The lowest BCUT2D eigenvalue weighted by atomic mass is 10.0. The molecule has 1 amide bonds. The average Bonchev–Trinajstić information content (AvgIpc) is 2.97. The van der Waals surface area contributed by atoms with Crippen molar-refractivity contribution in [2.45, 2.75) is 12.3 Å². The maximum absolute atomic E-state index is 12.8. The maximum atomic E-state index is 12.8. The van der Waals surface area contributed by atoms with E-state index in [1.807, 2.05) is 0 Å². The van der Waals surface area contributed by atoms with E-state index in [-0.39, 0.29) is 12.1 Å². The number of hydrogen-bond acceptors (Lipinski definition) is 3. The van der Waals surface area contributed by atoms with Crippen molar-refractivity contribution in [1.29, 1.82) is 0 Å². The molecule has 0 saturated carbocycles. The van der Waals surface area contributed by atoms with Gasteiger partial charge in [0, 0.05) is 6.54 Å². The molecule has 1 aromatic carbocycles. The van der Waals surface area contributed by atoms with Crippen LogP contribution in [0, 0.1) is 0 Å². The Hall–Kier alpha value is -1.86. The first-order chi connectivity index (χ1) is 9.89. The number of carbonyl (C=O) groups excluding carboxylic acids is 1. The van der Waals surface area contributed by atoms with Crippen molar-refractivity contribution >= 4 is 17.2 Å². The van der Waals surface area contributed by atoms with Gasteiger partial charge in [-0.1, -0.05) is 24.3 Å². The number of halogens is 3. The van der Waals surface area contributed by atoms with E-state index in [4.69, 9.17) is 0 Å². The third-order valence-electron chi connectivity index (χ3n) is 2.83. The summed E-state index contributed by atoms with van der Waals surface area (Å²) in [6.45, 7) is -0.288. The van der Waals surface area contributed by atoms with Gasteiger partial charge >= 0.3 is 6.18 Å². The summed E-state index contributed by atoms with van der Waals surface area (Å²) >= 11 is 1.21. The zero-order valence-corrected chi connectivity index (χ0v) is 11.5. The van der Waals surface area contributed by atoms with Gasteiger partial charge in [0.2, 0.25) is 0 Å². The molecule has 0 aliphatic heterocycles. The summed E-state index contributed by atoms with van der Waals surface area (Å²) in [5, 5.41) is 14.0. The summed E-state index contributed by atoms with van der Waals surface area (Å²) in [6, 6.07) is 8.05. The summed E-state index contributed by atoms with van der Waals surface area (Å²) in [4.78, 5) is 12.1. The second-order valence-corrected chi connectivity index (χ2v) is 5.24. The number of thiophene rings is 1. The normalized spacial score (nSPS) is 13.0. The molecule has 0 radical (unpaired) electrons. The number of alkyl halides is 3. The van der Waals surface area contributed by atoms with Gasteiger partial charge in [-0.15, -0.1) is 11.3 Å². The molecule has 1 aromatic heterocycles. The minimum Gasteiger partial charge on any atom is -0.387 e. The van der Waals surface area contributed by atoms with E-state index in [0.29, 0.717) is 4.88 Å². The number of benzene rings is 1. The van der Waals surface area contributed by atoms with E-state index >= 15 is 0 Å². The Balaban J connectivity index is 2.07. The number of aliphatic hydroxyl groups excluding tert-OH is 1. The fourth-order valence-electron chi connectivity index (χ4n) is 1.84. The van der Waals surface area contributed by atoms with Crippen LogP contribution in [0.1, 0.15) is 26.9 Å². The van der Waals surface area contributed by atoms with Crippen molar-refractivity contribution in [3.63, 3.8) is 0 Å². The second-order valence-electron chi connectivity index (χ2n) is 4.29. The van der Waals surface area contributed by atoms with Gasteiger partial charge in [-0.05, 0) is 23.1 Å². The first-order valence-corrected chi connectivity index (χ1v) is 6.93. The average molecular weight is 315 g/mol. The summed E-state index contributed by atoms with van der Waals surface area (Å²) in [6.07, 6.45) is -5.97. The highest BCUT2D eigenvalue weighted by Crippen LogP contribution is 2.34. The van der Waals surface area contributed by atoms with Crippen molar-refractivity contribution in [2.24, 2.45) is 0 Å². The number of nitrogens with one attached hydrogen (secondary N) is 1. The van der Waals surface area contributed by atoms with Crippen LogP contribution >= 0.6 is 11.3 Å². The highest BCUT2D eigenvalue weighted by Gasteiger charge is 2.34. The van der Waals surface area contributed by atoms with Gasteiger partial charge in [-0.2, -0.15) is 13.2 Å². The van der Waals surface area contributed by atoms with Gasteiger partial charge in [0.1, 0.15) is 0 Å². The molecule has 0 aliphatic rings. The van der Waals surface area contributed by atoms with Gasteiger partial charge in [0.25, 0.3) is 5.91 Å². The molecule has 0 saturated heterocycles. The minimum atomic E-state index is -4.55. The predicted octanol–water partition coefficient (Wildman–Crippen LogP) is 3.23. The fourth-order valence-corrected chi connectivity index (χ4v) is 2.48. The Morgan fingerprint density at radius 3 is 2.57 bits per heavy atom. The van der Waals surface area contributed by atoms with E-state index < -0.39 is 23.8 Å². The molecule has 0 aliphatic carbocycles. The number of carbonyl (C=O) groups is 1. The number of rotatable bonds is 4. The molecule has 0 spiro atoms. The van der Waals surface area contributed by atoms with Crippen LogP contribution in [0.5, 0.6) is 0 Å². The number of hydrogen-bond donors (Lipinski definition) is 2. The number of amides is 1. The van der Waals surface area contributed by atoms with Crippen molar-refractivity contribution < 1.29 is 23.1 Å². The second kappa shape index (κ2) is 6.28. The highest BCUT2D eigenvalue weighted by atomic mass is 32.1. The third kappa shape index (κ3) is 3.83. The first-order valence-electron chi connectivity index (χ1n) is 6.05. The summed E-state index contributed by atoms with van der Waals surface area (Å²) in [5.74, 6) is -0.423. The van der Waals surface area contributed by atoms with Crippen LogP contribution in [-0.2, 0) is 6.18 Å². The lowest BCUT2D eigenvalue weighted by molar-refractivity contribution is -0.139. The quantitative estimate of drug-likeness (QED) is 0.910. The van der Waals surface area contributed by atoms with Gasteiger partial charge in [0.15, 0.2) is 0 Å². The summed E-state index contributed by atoms with van der Waals surface area (Å²) in [7, 11) is 0. The molecule has 112 valence electrons. The van der Waals surface area contributed by atoms with E-state index in [2.05, 4.69) is 5.32 Å². The Morgan fingerprint density at radius 1 is 1.24 bits per heavy atom. The van der Waals surface area contributed by atoms with Crippen LogP contribution in [0.15, 0.2) is 41.8 Å². The highest BCUT2D eigenvalue weighted by molar-refractivity contribution is 7.12. The molecule has 2 rings (SSSR count). The monoisotopic (exact) mass is 315 g/mol. The molecule has 1 heterocycles. The van der Waals surface area contributed by atoms with Gasteiger partial charge in [-0.3, -0.25) is 4.79 Å². The SMILES string of the molecule is O=C(NC[C@H](O)c1ccccc1C(F)(F)F)c1cccs1. The summed E-state index contributed by atoms with van der Waals surface area (Å²) < 4.78 is 38.5. The molecular formula is C14H12F3NO2S. The lowest BCUT2D eigenvalue weighted by Gasteiger charge is -2.17. The maximum Gasteiger partial charge on any atom is 0.416 e. The van der Waals surface area contributed by atoms with Gasteiger partial charge in [-0.25, -0.2) is 0 Å². The van der Waals surface area contributed by atoms with Gasteiger partial charge in [0.05, 0.1) is 16.5 Å². The molecule has 21 heavy (non-hydrogen) atoms. The largest absolute Gasteiger partial charge is 0.416 e. The third-order valence-corrected chi connectivity index (χ3v) is 3.69. The molecule has 0 bridgehead atoms. The van der Waals surface area contributed by atoms with Crippen LogP contribution in [0.25, 0.3) is 0 Å². The van der Waals surface area contributed by atoms with Crippen LogP contribution < -0.4 is 5.32 Å². The van der Waals surface area contributed by atoms with E-state index in [1.165, 1.54) is 29.5 Å². The van der Waals surface area contributed by atoms with Crippen LogP contribution in [-0.4, -0.2) is 17.6 Å². The molecule has 2 N–H and O–H groups in total. The van der Waals surface area contributed by atoms with Crippen molar-refractivity contribution in [2.75, 3.05) is 6.54 Å². The van der Waals surface area contributed by atoms with Crippen LogP contribution in [0.3, 0.4) is 0 Å². The van der Waals surface area contributed by atoms with E-state index in [0.717, 1.165) is 6.07 Å². The molecule has 0 unspecified atom stereocenters. The van der Waals surface area contributed by atoms with Crippen LogP contribution in [0.4, 0.5) is 13.2 Å². The fraction of sp³-hybridized carbons (Fsp3) is 0.214. The molecule has 7 heteroatoms. The van der Waals surface area contributed by atoms with Crippen LogP contribution in [0.2, 0.25) is 0 Å². The Bertz CT molecular complexity index is 611. The zero-order valence-electron chi connectivity index (χ0n) is 10.7. The first kappa shape index (κ1) is 15.5. The Labute approximate surface area is 123 Å². The van der Waals surface area contributed by atoms with Crippen molar-refractivity contribution in [3.8, 4) is 0 Å². The van der Waals surface area contributed by atoms with Gasteiger partial charge < -0.3 is 10.4 Å².